The number of Topliss-reactive ketones (excluding diaryl/α,β-unsaturated/α-hetero) is 1. The third kappa shape index (κ3) is 5.38. The Hall–Kier alpha value is -2.16. The highest BCUT2D eigenvalue weighted by Crippen LogP contribution is 2.06. The summed E-state index contributed by atoms with van der Waals surface area (Å²) in [4.78, 5) is 36.5. The van der Waals surface area contributed by atoms with Crippen molar-refractivity contribution < 1.29 is 27.9 Å². The predicted octanol–water partition coefficient (Wildman–Crippen LogP) is -0.165. The predicted molar refractivity (Wildman–Crippen MR) is 74.0 cm³/mol. The zero-order valence-electron chi connectivity index (χ0n) is 11.5. The van der Waals surface area contributed by atoms with E-state index in [1.807, 2.05) is 0 Å². The van der Waals surface area contributed by atoms with Crippen LogP contribution in [0.25, 0.3) is 0 Å². The Morgan fingerprint density at radius 1 is 1.38 bits per heavy atom. The topological polar surface area (TPSA) is 133 Å². The first-order valence-electron chi connectivity index (χ1n) is 6.01. The summed E-state index contributed by atoms with van der Waals surface area (Å²) in [5.74, 6) is -2.64. The lowest BCUT2D eigenvalue weighted by Crippen LogP contribution is -2.42. The molecule has 0 saturated carbocycles. The molecule has 0 spiro atoms. The Kier molecular flexibility index (Phi) is 5.25. The molecule has 1 unspecified atom stereocenters. The molecule has 9 heteroatoms. The van der Waals surface area contributed by atoms with Gasteiger partial charge in [0.25, 0.3) is 5.91 Å². The molecule has 1 heterocycles. The van der Waals surface area contributed by atoms with E-state index >= 15 is 0 Å². The SMILES string of the molecule is CC(=O)c1c[nH]c(C(=O)NC(CCS(C)(=O)=O)C(=O)O)c1. The van der Waals surface area contributed by atoms with Crippen LogP contribution in [0.1, 0.15) is 34.2 Å². The third-order valence-electron chi connectivity index (χ3n) is 2.71. The van der Waals surface area contributed by atoms with Gasteiger partial charge in [-0.2, -0.15) is 0 Å². The molecule has 21 heavy (non-hydrogen) atoms. The zero-order valence-corrected chi connectivity index (χ0v) is 12.4. The van der Waals surface area contributed by atoms with E-state index in [0.29, 0.717) is 5.56 Å². The number of carbonyl (C=O) groups excluding carboxylic acids is 2. The molecule has 1 rings (SSSR count). The lowest BCUT2D eigenvalue weighted by atomic mass is 10.2. The molecule has 1 aromatic rings. The minimum absolute atomic E-state index is 0.0332. The summed E-state index contributed by atoms with van der Waals surface area (Å²) in [6, 6.07) is -0.0241. The normalized spacial score (nSPS) is 12.7. The number of carbonyl (C=O) groups is 3. The second kappa shape index (κ2) is 6.53. The number of ketones is 1. The van der Waals surface area contributed by atoms with E-state index in [-0.39, 0.29) is 23.7 Å². The van der Waals surface area contributed by atoms with Crippen molar-refractivity contribution in [1.29, 1.82) is 0 Å². The summed E-state index contributed by atoms with van der Waals surface area (Å²) < 4.78 is 22.1. The van der Waals surface area contributed by atoms with Crippen LogP contribution in [0.2, 0.25) is 0 Å². The fraction of sp³-hybridized carbons (Fsp3) is 0.417. The fourth-order valence-electron chi connectivity index (χ4n) is 1.55. The first-order valence-corrected chi connectivity index (χ1v) is 8.07. The van der Waals surface area contributed by atoms with Crippen molar-refractivity contribution in [3.63, 3.8) is 0 Å². The summed E-state index contributed by atoms with van der Waals surface area (Å²) in [6.45, 7) is 1.33. The monoisotopic (exact) mass is 316 g/mol. The number of carboxylic acids is 1. The van der Waals surface area contributed by atoms with Crippen LogP contribution in [0.3, 0.4) is 0 Å². The van der Waals surface area contributed by atoms with Gasteiger partial charge in [-0.3, -0.25) is 9.59 Å². The molecule has 0 aliphatic rings. The second-order valence-electron chi connectivity index (χ2n) is 4.64. The van der Waals surface area contributed by atoms with Gasteiger partial charge in [-0.1, -0.05) is 0 Å². The number of sulfone groups is 1. The number of carboxylic acid groups (broad SMARTS) is 1. The maximum absolute atomic E-state index is 11.9. The van der Waals surface area contributed by atoms with Gasteiger partial charge in [0.05, 0.1) is 5.75 Å². The Bertz CT molecular complexity index is 661. The van der Waals surface area contributed by atoms with E-state index in [0.717, 1.165) is 6.26 Å². The van der Waals surface area contributed by atoms with Gasteiger partial charge < -0.3 is 15.4 Å². The number of amides is 1. The molecule has 0 saturated heterocycles. The van der Waals surface area contributed by atoms with Crippen LogP contribution in [0.5, 0.6) is 0 Å². The van der Waals surface area contributed by atoms with E-state index in [9.17, 15) is 22.8 Å². The molecule has 1 amide bonds. The van der Waals surface area contributed by atoms with Gasteiger partial charge in [0.1, 0.15) is 21.6 Å². The summed E-state index contributed by atoms with van der Waals surface area (Å²) >= 11 is 0. The van der Waals surface area contributed by atoms with E-state index in [4.69, 9.17) is 5.11 Å². The minimum atomic E-state index is -3.33. The number of aliphatic carboxylic acids is 1. The zero-order chi connectivity index (χ0) is 16.2. The lowest BCUT2D eigenvalue weighted by Gasteiger charge is -2.13. The second-order valence-corrected chi connectivity index (χ2v) is 6.90. The van der Waals surface area contributed by atoms with Gasteiger partial charge in [0.2, 0.25) is 0 Å². The largest absolute Gasteiger partial charge is 0.480 e. The summed E-state index contributed by atoms with van der Waals surface area (Å²) in [5, 5.41) is 11.2. The number of aromatic amines is 1. The molecule has 0 fully saturated rings. The Morgan fingerprint density at radius 3 is 2.43 bits per heavy atom. The van der Waals surface area contributed by atoms with Crippen LogP contribution in [0.15, 0.2) is 12.3 Å². The third-order valence-corrected chi connectivity index (χ3v) is 3.69. The molecule has 0 aromatic carbocycles. The van der Waals surface area contributed by atoms with Crippen LogP contribution in [-0.2, 0) is 14.6 Å². The Labute approximate surface area is 121 Å². The van der Waals surface area contributed by atoms with Crippen LogP contribution in [-0.4, -0.2) is 54.2 Å². The standard InChI is InChI=1S/C12H16N2O6S/c1-7(15)8-5-10(13-6-8)11(16)14-9(12(17)18)3-4-21(2,19)20/h5-6,9,13H,3-4H2,1-2H3,(H,14,16)(H,17,18). The van der Waals surface area contributed by atoms with Crippen molar-refractivity contribution in [2.75, 3.05) is 12.0 Å². The lowest BCUT2D eigenvalue weighted by molar-refractivity contribution is -0.139. The molecule has 0 aliphatic heterocycles. The van der Waals surface area contributed by atoms with Crippen molar-refractivity contribution in [3.05, 3.63) is 23.5 Å². The highest BCUT2D eigenvalue weighted by atomic mass is 32.2. The summed E-state index contributed by atoms with van der Waals surface area (Å²) in [6.07, 6.45) is 2.08. The van der Waals surface area contributed by atoms with E-state index < -0.39 is 27.8 Å². The molecule has 0 aliphatic carbocycles. The smallest absolute Gasteiger partial charge is 0.326 e. The molecule has 1 atom stereocenters. The molecular weight excluding hydrogens is 300 g/mol. The van der Waals surface area contributed by atoms with E-state index in [1.165, 1.54) is 19.2 Å². The van der Waals surface area contributed by atoms with Crippen LogP contribution >= 0.6 is 0 Å². The molecule has 116 valence electrons. The van der Waals surface area contributed by atoms with Crippen molar-refractivity contribution in [2.24, 2.45) is 0 Å². The molecule has 3 N–H and O–H groups in total. The van der Waals surface area contributed by atoms with Crippen LogP contribution in [0.4, 0.5) is 0 Å². The number of H-pyrrole nitrogens is 1. The summed E-state index contributed by atoms with van der Waals surface area (Å²) in [7, 11) is -3.33. The van der Waals surface area contributed by atoms with Gasteiger partial charge in [0, 0.05) is 18.0 Å². The van der Waals surface area contributed by atoms with Crippen LogP contribution < -0.4 is 5.32 Å². The van der Waals surface area contributed by atoms with Gasteiger partial charge in [0.15, 0.2) is 5.78 Å². The minimum Gasteiger partial charge on any atom is -0.480 e. The number of rotatable bonds is 7. The Balaban J connectivity index is 2.76. The van der Waals surface area contributed by atoms with Gasteiger partial charge >= 0.3 is 5.97 Å². The highest BCUT2D eigenvalue weighted by Gasteiger charge is 2.23. The van der Waals surface area contributed by atoms with E-state index in [1.54, 1.807) is 0 Å². The van der Waals surface area contributed by atoms with Crippen molar-refractivity contribution in [2.45, 2.75) is 19.4 Å². The number of hydrogen-bond donors (Lipinski definition) is 3. The molecule has 0 radical (unpaired) electrons. The fourth-order valence-corrected chi connectivity index (χ4v) is 2.22. The average Bonchev–Trinajstić information content (AvgIpc) is 2.82. The molecule has 8 nitrogen and oxygen atoms in total. The Morgan fingerprint density at radius 2 is 2.00 bits per heavy atom. The molecular formula is C12H16N2O6S. The van der Waals surface area contributed by atoms with Crippen molar-refractivity contribution >= 4 is 27.5 Å². The van der Waals surface area contributed by atoms with Gasteiger partial charge in [-0.05, 0) is 19.4 Å². The molecule has 1 aromatic heterocycles. The van der Waals surface area contributed by atoms with Crippen molar-refractivity contribution in [1.82, 2.24) is 10.3 Å². The van der Waals surface area contributed by atoms with E-state index in [2.05, 4.69) is 10.3 Å². The average molecular weight is 316 g/mol. The summed E-state index contributed by atoms with van der Waals surface area (Å²) in [5.41, 5.74) is 0.328. The number of nitrogens with one attached hydrogen (secondary N) is 2. The maximum atomic E-state index is 11.9. The maximum Gasteiger partial charge on any atom is 0.326 e. The first kappa shape index (κ1) is 16.9. The number of hydrogen-bond acceptors (Lipinski definition) is 5. The number of aromatic nitrogens is 1. The van der Waals surface area contributed by atoms with Crippen LogP contribution in [0, 0.1) is 0 Å². The van der Waals surface area contributed by atoms with Gasteiger partial charge in [-0.25, -0.2) is 13.2 Å². The van der Waals surface area contributed by atoms with Gasteiger partial charge in [-0.15, -0.1) is 0 Å². The first-order chi connectivity index (χ1) is 9.60. The molecule has 0 bridgehead atoms. The van der Waals surface area contributed by atoms with Crippen molar-refractivity contribution in [3.8, 4) is 0 Å². The highest BCUT2D eigenvalue weighted by molar-refractivity contribution is 7.90. The quantitative estimate of drug-likeness (QED) is 0.598.